The summed E-state index contributed by atoms with van der Waals surface area (Å²) in [6, 6.07) is 0. The maximum absolute atomic E-state index is 11.3. The number of carboxylic acid groups (broad SMARTS) is 1. The van der Waals surface area contributed by atoms with Crippen molar-refractivity contribution < 1.29 is 29.0 Å². The first-order valence-electron chi connectivity index (χ1n) is 6.27. The van der Waals surface area contributed by atoms with Gasteiger partial charge in [0.25, 0.3) is 0 Å². The number of anilines is 2. The van der Waals surface area contributed by atoms with Gasteiger partial charge in [-0.25, -0.2) is 14.4 Å². The topological polar surface area (TPSA) is 168 Å². The van der Waals surface area contributed by atoms with E-state index in [9.17, 15) is 14.4 Å². The standard InChI is InChI=1S/C8H10N2O4S.C4H4N2O2S/c1-3-14-7(11)5-4(9)6(15-10-5)8(12)13-2;5-2-1-9-6-3(2)4(7)8/h3,9H2,1-2H3;1H,5H2,(H,7,8). The van der Waals surface area contributed by atoms with Crippen molar-refractivity contribution in [3.05, 3.63) is 21.6 Å². The van der Waals surface area contributed by atoms with Crippen LogP contribution in [0.25, 0.3) is 0 Å². The number of methoxy groups -OCH3 is 1. The monoisotopic (exact) mass is 374 g/mol. The number of carbonyl (C=O) groups is 3. The lowest BCUT2D eigenvalue weighted by atomic mass is 10.3. The minimum Gasteiger partial charge on any atom is -0.476 e. The molecule has 0 aliphatic carbocycles. The molecule has 12 heteroatoms. The molecule has 0 bridgehead atoms. The summed E-state index contributed by atoms with van der Waals surface area (Å²) in [6.45, 7) is 1.89. The van der Waals surface area contributed by atoms with Crippen molar-refractivity contribution in [3.8, 4) is 0 Å². The molecule has 2 rings (SSSR count). The lowest BCUT2D eigenvalue weighted by Gasteiger charge is -1.99. The fourth-order valence-corrected chi connectivity index (χ4v) is 2.57. The van der Waals surface area contributed by atoms with Crippen molar-refractivity contribution in [2.45, 2.75) is 6.92 Å². The van der Waals surface area contributed by atoms with E-state index in [1.165, 1.54) is 12.5 Å². The van der Waals surface area contributed by atoms with Crippen LogP contribution < -0.4 is 11.5 Å². The van der Waals surface area contributed by atoms with Crippen molar-refractivity contribution in [1.29, 1.82) is 0 Å². The number of nitrogen functional groups attached to an aromatic ring is 2. The van der Waals surface area contributed by atoms with Crippen molar-refractivity contribution in [2.75, 3.05) is 25.2 Å². The lowest BCUT2D eigenvalue weighted by Crippen LogP contribution is -2.09. The largest absolute Gasteiger partial charge is 0.476 e. The van der Waals surface area contributed by atoms with Gasteiger partial charge in [0, 0.05) is 5.38 Å². The Morgan fingerprint density at radius 1 is 1.21 bits per heavy atom. The fourth-order valence-electron chi connectivity index (χ4n) is 1.29. The Morgan fingerprint density at radius 2 is 1.88 bits per heavy atom. The van der Waals surface area contributed by atoms with Crippen LogP contribution in [0, 0.1) is 0 Å². The number of carboxylic acids is 1. The molecule has 10 nitrogen and oxygen atoms in total. The molecular formula is C12H14N4O6S2. The predicted octanol–water partition coefficient (Wildman–Crippen LogP) is 1.11. The molecule has 2 aromatic heterocycles. The van der Waals surface area contributed by atoms with Crippen LogP contribution in [-0.2, 0) is 9.47 Å². The fraction of sp³-hybridized carbons (Fsp3) is 0.250. The quantitative estimate of drug-likeness (QED) is 0.659. The van der Waals surface area contributed by atoms with E-state index in [4.69, 9.17) is 21.3 Å². The number of nitrogens with two attached hydrogens (primary N) is 2. The molecule has 0 spiro atoms. The van der Waals surface area contributed by atoms with E-state index in [-0.39, 0.29) is 34.2 Å². The Bertz CT molecular complexity index is 742. The van der Waals surface area contributed by atoms with Gasteiger partial charge in [-0.15, -0.1) is 0 Å². The maximum atomic E-state index is 11.3. The average molecular weight is 374 g/mol. The molecule has 0 fully saturated rings. The zero-order chi connectivity index (χ0) is 18.3. The van der Waals surface area contributed by atoms with Gasteiger partial charge < -0.3 is 26.0 Å². The molecule has 0 aliphatic heterocycles. The molecule has 5 N–H and O–H groups in total. The van der Waals surface area contributed by atoms with Gasteiger partial charge in [0.05, 0.1) is 25.1 Å². The summed E-state index contributed by atoms with van der Waals surface area (Å²) in [6.07, 6.45) is 0. The third-order valence-corrected chi connectivity index (χ3v) is 3.86. The second-order valence-corrected chi connectivity index (χ2v) is 5.31. The van der Waals surface area contributed by atoms with Crippen LogP contribution >= 0.6 is 23.1 Å². The van der Waals surface area contributed by atoms with Gasteiger partial charge >= 0.3 is 17.9 Å². The smallest absolute Gasteiger partial charge is 0.360 e. The van der Waals surface area contributed by atoms with Crippen LogP contribution in [0.4, 0.5) is 11.4 Å². The molecular weight excluding hydrogens is 360 g/mol. The molecule has 2 aromatic rings. The van der Waals surface area contributed by atoms with E-state index in [0.29, 0.717) is 0 Å². The number of rotatable bonds is 4. The van der Waals surface area contributed by atoms with Crippen LogP contribution in [-0.4, -0.2) is 45.5 Å². The second-order valence-electron chi connectivity index (χ2n) is 3.91. The normalized spacial score (nSPS) is 9.58. The van der Waals surface area contributed by atoms with E-state index in [0.717, 1.165) is 23.1 Å². The number of hydrogen-bond acceptors (Lipinski definition) is 11. The highest BCUT2D eigenvalue weighted by Gasteiger charge is 2.23. The number of aromatic carboxylic acids is 1. The lowest BCUT2D eigenvalue weighted by molar-refractivity contribution is 0.0521. The number of carbonyl (C=O) groups excluding carboxylic acids is 2. The Kier molecular flexibility index (Phi) is 7.07. The van der Waals surface area contributed by atoms with Crippen molar-refractivity contribution in [2.24, 2.45) is 0 Å². The zero-order valence-electron chi connectivity index (χ0n) is 12.6. The summed E-state index contributed by atoms with van der Waals surface area (Å²) in [4.78, 5) is 32.7. The van der Waals surface area contributed by atoms with Gasteiger partial charge in [0.1, 0.15) is 0 Å². The van der Waals surface area contributed by atoms with E-state index >= 15 is 0 Å². The van der Waals surface area contributed by atoms with Crippen molar-refractivity contribution in [3.63, 3.8) is 0 Å². The van der Waals surface area contributed by atoms with Crippen molar-refractivity contribution in [1.82, 2.24) is 8.75 Å². The Balaban J connectivity index is 0.000000272. The Morgan fingerprint density at radius 3 is 2.29 bits per heavy atom. The first-order valence-corrected chi connectivity index (χ1v) is 7.88. The summed E-state index contributed by atoms with van der Waals surface area (Å²) in [5.41, 5.74) is 10.9. The highest BCUT2D eigenvalue weighted by Crippen LogP contribution is 2.22. The molecule has 0 unspecified atom stereocenters. The molecule has 0 aliphatic rings. The third kappa shape index (κ3) is 4.63. The summed E-state index contributed by atoms with van der Waals surface area (Å²) < 4.78 is 16.5. The van der Waals surface area contributed by atoms with Gasteiger partial charge in [-0.3, -0.25) is 0 Å². The highest BCUT2D eigenvalue weighted by molar-refractivity contribution is 7.08. The van der Waals surface area contributed by atoms with Crippen LogP contribution in [0.1, 0.15) is 37.6 Å². The van der Waals surface area contributed by atoms with E-state index in [1.54, 1.807) is 6.92 Å². The number of hydrogen-bond donors (Lipinski definition) is 3. The predicted molar refractivity (Wildman–Crippen MR) is 87.3 cm³/mol. The highest BCUT2D eigenvalue weighted by atomic mass is 32.1. The molecule has 0 radical (unpaired) electrons. The first kappa shape index (κ1) is 19.3. The summed E-state index contributed by atoms with van der Waals surface area (Å²) in [5.74, 6) is -2.32. The van der Waals surface area contributed by atoms with E-state index in [1.807, 2.05) is 0 Å². The number of aromatic nitrogens is 2. The second kappa shape index (κ2) is 8.79. The first-order chi connectivity index (χ1) is 11.3. The molecule has 0 amide bonds. The average Bonchev–Trinajstić information content (AvgIpc) is 3.13. The zero-order valence-corrected chi connectivity index (χ0v) is 14.3. The van der Waals surface area contributed by atoms with Gasteiger partial charge in [0.15, 0.2) is 16.3 Å². The van der Waals surface area contributed by atoms with Gasteiger partial charge in [-0.1, -0.05) is 0 Å². The number of esters is 2. The summed E-state index contributed by atoms with van der Waals surface area (Å²) in [7, 11) is 1.23. The molecule has 0 saturated heterocycles. The number of nitrogens with zero attached hydrogens (tertiary/aromatic N) is 2. The van der Waals surface area contributed by atoms with Crippen LogP contribution in [0.3, 0.4) is 0 Å². The Hall–Kier alpha value is -2.73. The van der Waals surface area contributed by atoms with Crippen LogP contribution in [0.2, 0.25) is 0 Å². The molecule has 130 valence electrons. The molecule has 0 aromatic carbocycles. The van der Waals surface area contributed by atoms with E-state index in [2.05, 4.69) is 13.5 Å². The van der Waals surface area contributed by atoms with E-state index < -0.39 is 17.9 Å². The summed E-state index contributed by atoms with van der Waals surface area (Å²) in [5, 5.41) is 9.81. The van der Waals surface area contributed by atoms with Gasteiger partial charge in [-0.05, 0) is 30.0 Å². The van der Waals surface area contributed by atoms with Gasteiger partial charge in [-0.2, -0.15) is 8.75 Å². The number of ether oxygens (including phenoxy) is 2. The summed E-state index contributed by atoms with van der Waals surface area (Å²) >= 11 is 1.85. The molecule has 0 saturated carbocycles. The SMILES string of the molecule is CCOC(=O)c1nsc(C(=O)OC)c1N.Nc1csnc1C(=O)O. The third-order valence-electron chi connectivity index (χ3n) is 2.37. The Labute approximate surface area is 144 Å². The molecule has 2 heterocycles. The van der Waals surface area contributed by atoms with Crippen LogP contribution in [0.5, 0.6) is 0 Å². The molecule has 0 atom stereocenters. The minimum absolute atomic E-state index is 0.00491. The minimum atomic E-state index is -1.08. The molecule has 24 heavy (non-hydrogen) atoms. The van der Waals surface area contributed by atoms with Gasteiger partial charge in [0.2, 0.25) is 0 Å². The maximum Gasteiger partial charge on any atom is 0.360 e. The van der Waals surface area contributed by atoms with Crippen LogP contribution in [0.15, 0.2) is 5.38 Å². The van der Waals surface area contributed by atoms with Crippen molar-refractivity contribution >= 4 is 52.3 Å².